The highest BCUT2D eigenvalue weighted by molar-refractivity contribution is 6.31. The predicted octanol–water partition coefficient (Wildman–Crippen LogP) is 7.89. The summed E-state index contributed by atoms with van der Waals surface area (Å²) in [6.45, 7) is 7.32. The van der Waals surface area contributed by atoms with Crippen LogP contribution in [0.3, 0.4) is 0 Å². The van der Waals surface area contributed by atoms with E-state index in [0.717, 1.165) is 34.2 Å². The van der Waals surface area contributed by atoms with Gasteiger partial charge in [-0.2, -0.15) is 0 Å². The van der Waals surface area contributed by atoms with Gasteiger partial charge in [0.15, 0.2) is 11.9 Å². The molecule has 0 N–H and O–H groups in total. The molecule has 1 unspecified atom stereocenters. The van der Waals surface area contributed by atoms with Crippen LogP contribution < -0.4 is 4.74 Å². The molecule has 1 aromatic heterocycles. The summed E-state index contributed by atoms with van der Waals surface area (Å²) in [5.41, 5.74) is 3.25. The lowest BCUT2D eigenvalue weighted by Gasteiger charge is -2.17. The highest BCUT2D eigenvalue weighted by Crippen LogP contribution is 2.28. The molecule has 3 nitrogen and oxygen atoms in total. The molecule has 0 aliphatic carbocycles. The maximum absolute atomic E-state index is 6.24. The fourth-order valence-electron chi connectivity index (χ4n) is 3.81. The van der Waals surface area contributed by atoms with Crippen molar-refractivity contribution in [2.45, 2.75) is 78.4 Å². The summed E-state index contributed by atoms with van der Waals surface area (Å²) in [5, 5.41) is 0.760. The summed E-state index contributed by atoms with van der Waals surface area (Å²) in [6.07, 6.45) is 8.99. The first-order chi connectivity index (χ1) is 14.1. The van der Waals surface area contributed by atoms with Gasteiger partial charge in [-0.25, -0.2) is 4.98 Å². The Morgan fingerprint density at radius 3 is 2.48 bits per heavy atom. The van der Waals surface area contributed by atoms with Crippen molar-refractivity contribution in [1.29, 1.82) is 0 Å². The molecule has 4 heteroatoms. The summed E-state index contributed by atoms with van der Waals surface area (Å²) in [5.74, 6) is 1.82. The van der Waals surface area contributed by atoms with Gasteiger partial charge in [0.1, 0.15) is 5.75 Å². The van der Waals surface area contributed by atoms with E-state index in [0.29, 0.717) is 0 Å². The number of hydrogen-bond acceptors (Lipinski definition) is 2. The van der Waals surface area contributed by atoms with Crippen LogP contribution in [0.4, 0.5) is 0 Å². The van der Waals surface area contributed by atoms with Crippen molar-refractivity contribution in [3.05, 3.63) is 58.9 Å². The van der Waals surface area contributed by atoms with Crippen molar-refractivity contribution >= 4 is 22.6 Å². The summed E-state index contributed by atoms with van der Waals surface area (Å²) < 4.78 is 8.58. The molecule has 0 spiro atoms. The van der Waals surface area contributed by atoms with E-state index >= 15 is 0 Å². The fourth-order valence-corrected chi connectivity index (χ4v) is 3.93. The molecule has 0 saturated heterocycles. The molecule has 0 bridgehead atoms. The number of para-hydroxylation sites is 2. The van der Waals surface area contributed by atoms with Crippen LogP contribution in [0.5, 0.6) is 5.75 Å². The zero-order chi connectivity index (χ0) is 20.6. The van der Waals surface area contributed by atoms with Gasteiger partial charge in [-0.3, -0.25) is 0 Å². The molecule has 29 heavy (non-hydrogen) atoms. The fraction of sp³-hybridized carbons (Fsp3) is 0.480. The molecule has 0 radical (unpaired) electrons. The topological polar surface area (TPSA) is 27.1 Å². The minimum Gasteiger partial charge on any atom is -0.483 e. The third-order valence-electron chi connectivity index (χ3n) is 5.48. The number of benzene rings is 2. The van der Waals surface area contributed by atoms with Crippen molar-refractivity contribution in [2.24, 2.45) is 0 Å². The summed E-state index contributed by atoms with van der Waals surface area (Å²) in [7, 11) is 0. The van der Waals surface area contributed by atoms with E-state index in [1.54, 1.807) is 0 Å². The lowest BCUT2D eigenvalue weighted by molar-refractivity contribution is 0.211. The van der Waals surface area contributed by atoms with E-state index in [1.807, 2.05) is 31.2 Å². The lowest BCUT2D eigenvalue weighted by Crippen LogP contribution is -2.12. The van der Waals surface area contributed by atoms with Gasteiger partial charge in [0.05, 0.1) is 11.0 Å². The minimum absolute atomic E-state index is 0.132. The van der Waals surface area contributed by atoms with Crippen LogP contribution in [0, 0.1) is 6.92 Å². The third-order valence-corrected chi connectivity index (χ3v) is 5.90. The van der Waals surface area contributed by atoms with Gasteiger partial charge in [-0.15, -0.1) is 0 Å². The van der Waals surface area contributed by atoms with Crippen molar-refractivity contribution in [3.8, 4) is 5.75 Å². The van der Waals surface area contributed by atoms with Crippen molar-refractivity contribution in [1.82, 2.24) is 9.55 Å². The summed E-state index contributed by atoms with van der Waals surface area (Å²) in [4.78, 5) is 4.90. The molecule has 1 heterocycles. The molecule has 0 saturated carbocycles. The Balaban J connectivity index is 1.71. The number of halogens is 1. The monoisotopic (exact) mass is 412 g/mol. The lowest BCUT2D eigenvalue weighted by atomic mass is 10.1. The number of rotatable bonds is 11. The zero-order valence-corrected chi connectivity index (χ0v) is 18.7. The second-order valence-electron chi connectivity index (χ2n) is 7.90. The molecule has 1 atom stereocenters. The Bertz CT molecular complexity index is 918. The molecular formula is C25H33ClN2O. The van der Waals surface area contributed by atoms with Crippen molar-refractivity contribution in [3.63, 3.8) is 0 Å². The minimum atomic E-state index is -0.132. The number of unbranched alkanes of at least 4 members (excludes halogenated alkanes) is 6. The Hall–Kier alpha value is -2.00. The summed E-state index contributed by atoms with van der Waals surface area (Å²) in [6, 6.07) is 14.2. The normalized spacial score (nSPS) is 12.4. The zero-order valence-electron chi connectivity index (χ0n) is 18.0. The van der Waals surface area contributed by atoms with Gasteiger partial charge >= 0.3 is 0 Å². The largest absolute Gasteiger partial charge is 0.483 e. The smallest absolute Gasteiger partial charge is 0.153 e. The SMILES string of the molecule is CCCCCCCCCn1c(C(C)Oc2ccc(Cl)c(C)c2)nc2ccccc21. The molecular weight excluding hydrogens is 380 g/mol. The van der Waals surface area contributed by atoms with E-state index in [9.17, 15) is 0 Å². The van der Waals surface area contributed by atoms with Crippen molar-refractivity contribution in [2.75, 3.05) is 0 Å². The van der Waals surface area contributed by atoms with Crippen LogP contribution in [0.1, 0.15) is 76.3 Å². The molecule has 3 rings (SSSR count). The number of fused-ring (bicyclic) bond motifs is 1. The number of ether oxygens (including phenoxy) is 1. The van der Waals surface area contributed by atoms with E-state index < -0.39 is 0 Å². The molecule has 3 aromatic rings. The number of nitrogens with zero attached hydrogens (tertiary/aromatic N) is 2. The average Bonchev–Trinajstić information content (AvgIpc) is 3.09. The Kier molecular flexibility index (Phi) is 8.00. The Morgan fingerprint density at radius 2 is 1.72 bits per heavy atom. The molecule has 156 valence electrons. The van der Waals surface area contributed by atoms with E-state index in [1.165, 1.54) is 50.5 Å². The molecule has 0 aliphatic rings. The highest BCUT2D eigenvalue weighted by Gasteiger charge is 2.18. The van der Waals surface area contributed by atoms with Crippen LogP contribution in [0.2, 0.25) is 5.02 Å². The maximum Gasteiger partial charge on any atom is 0.153 e. The quantitative estimate of drug-likeness (QED) is 0.299. The Morgan fingerprint density at radius 1 is 1.00 bits per heavy atom. The second-order valence-corrected chi connectivity index (χ2v) is 8.31. The molecule has 0 amide bonds. The standard InChI is InChI=1S/C25H33ClN2O/c1-4-5-6-7-8-9-12-17-28-24-14-11-10-13-23(24)27-25(28)20(3)29-21-15-16-22(26)19(2)18-21/h10-11,13-16,18,20H,4-9,12,17H2,1-3H3. The van der Waals surface area contributed by atoms with Crippen LogP contribution in [-0.4, -0.2) is 9.55 Å². The van der Waals surface area contributed by atoms with Crippen LogP contribution in [-0.2, 0) is 6.54 Å². The first kappa shape index (κ1) is 21.7. The van der Waals surface area contributed by atoms with Crippen LogP contribution in [0.15, 0.2) is 42.5 Å². The van der Waals surface area contributed by atoms with Gasteiger partial charge in [-0.1, -0.05) is 69.2 Å². The predicted molar refractivity (Wildman–Crippen MR) is 123 cm³/mol. The van der Waals surface area contributed by atoms with E-state index in [-0.39, 0.29) is 6.10 Å². The van der Waals surface area contributed by atoms with Crippen molar-refractivity contribution < 1.29 is 4.74 Å². The number of hydrogen-bond donors (Lipinski definition) is 0. The first-order valence-corrected chi connectivity index (χ1v) is 11.4. The average molecular weight is 413 g/mol. The van der Waals surface area contributed by atoms with E-state index in [2.05, 4.69) is 36.6 Å². The number of aromatic nitrogens is 2. The van der Waals surface area contributed by atoms with Gasteiger partial charge in [0.25, 0.3) is 0 Å². The number of imidazole rings is 1. The third kappa shape index (κ3) is 5.76. The first-order valence-electron chi connectivity index (χ1n) is 11.0. The second kappa shape index (κ2) is 10.7. The highest BCUT2D eigenvalue weighted by atomic mass is 35.5. The van der Waals surface area contributed by atoms with Gasteiger partial charge in [0.2, 0.25) is 0 Å². The Labute approximate surface area is 180 Å². The van der Waals surface area contributed by atoms with Gasteiger partial charge in [0, 0.05) is 11.6 Å². The molecule has 2 aromatic carbocycles. The van der Waals surface area contributed by atoms with Gasteiger partial charge in [-0.05, 0) is 56.2 Å². The molecule has 0 aliphatic heterocycles. The maximum atomic E-state index is 6.24. The van der Waals surface area contributed by atoms with Crippen LogP contribution >= 0.6 is 11.6 Å². The van der Waals surface area contributed by atoms with Crippen LogP contribution in [0.25, 0.3) is 11.0 Å². The van der Waals surface area contributed by atoms with Gasteiger partial charge < -0.3 is 9.30 Å². The van der Waals surface area contributed by atoms with E-state index in [4.69, 9.17) is 21.3 Å². The number of aryl methyl sites for hydroxylation is 2. The molecule has 0 fully saturated rings. The summed E-state index contributed by atoms with van der Waals surface area (Å²) >= 11 is 6.15.